The number of halogens is 1. The zero-order chi connectivity index (χ0) is 26.0. The first kappa shape index (κ1) is 25.4. The van der Waals surface area contributed by atoms with E-state index in [0.29, 0.717) is 32.1 Å². The molecule has 36 heavy (non-hydrogen) atoms. The Kier molecular flexibility index (Phi) is 7.40. The normalized spacial score (nSPS) is 15.5. The van der Waals surface area contributed by atoms with E-state index in [9.17, 15) is 14.0 Å². The van der Waals surface area contributed by atoms with Crippen LogP contribution in [0.3, 0.4) is 0 Å². The Hall–Kier alpha value is -3.72. The molecule has 0 aliphatic carbocycles. The molecule has 188 valence electrons. The average Bonchev–Trinajstić information content (AvgIpc) is 3.14. The third kappa shape index (κ3) is 4.83. The van der Waals surface area contributed by atoms with Crippen LogP contribution in [0, 0.1) is 5.82 Å². The van der Waals surface area contributed by atoms with E-state index in [1.165, 1.54) is 23.8 Å². The zero-order valence-electron chi connectivity index (χ0n) is 20.7. The van der Waals surface area contributed by atoms with Crippen molar-refractivity contribution in [1.82, 2.24) is 4.57 Å². The summed E-state index contributed by atoms with van der Waals surface area (Å²) < 4.78 is 32.8. The second-order valence-electron chi connectivity index (χ2n) is 8.40. The predicted molar refractivity (Wildman–Crippen MR) is 136 cm³/mol. The number of allylic oxidation sites excluding steroid dienone is 1. The van der Waals surface area contributed by atoms with Crippen LogP contribution in [-0.4, -0.2) is 30.4 Å². The van der Waals surface area contributed by atoms with Crippen molar-refractivity contribution in [2.75, 3.05) is 13.7 Å². The van der Waals surface area contributed by atoms with Crippen LogP contribution in [0.5, 0.6) is 11.5 Å². The van der Waals surface area contributed by atoms with Crippen LogP contribution in [0.15, 0.2) is 63.5 Å². The van der Waals surface area contributed by atoms with Crippen molar-refractivity contribution in [1.29, 1.82) is 0 Å². The van der Waals surface area contributed by atoms with Gasteiger partial charge in [-0.25, -0.2) is 14.2 Å². The van der Waals surface area contributed by atoms with E-state index in [1.54, 1.807) is 50.2 Å². The zero-order valence-corrected chi connectivity index (χ0v) is 21.5. The number of thiazole rings is 1. The van der Waals surface area contributed by atoms with Crippen LogP contribution < -0.4 is 24.4 Å². The minimum absolute atomic E-state index is 0.0713. The molecule has 3 aromatic rings. The van der Waals surface area contributed by atoms with E-state index < -0.39 is 17.8 Å². The van der Waals surface area contributed by atoms with Gasteiger partial charge in [0.05, 0.1) is 41.7 Å². The van der Waals surface area contributed by atoms with Gasteiger partial charge in [-0.2, -0.15) is 0 Å². The highest BCUT2D eigenvalue weighted by Crippen LogP contribution is 2.36. The van der Waals surface area contributed by atoms with Gasteiger partial charge < -0.3 is 14.2 Å². The topological polar surface area (TPSA) is 79.1 Å². The van der Waals surface area contributed by atoms with Crippen LogP contribution in [0.2, 0.25) is 0 Å². The summed E-state index contributed by atoms with van der Waals surface area (Å²) in [6, 6.07) is 10.7. The molecule has 0 bridgehead atoms. The number of esters is 1. The maximum absolute atomic E-state index is 14.3. The van der Waals surface area contributed by atoms with Crippen LogP contribution >= 0.6 is 11.3 Å². The summed E-state index contributed by atoms with van der Waals surface area (Å²) in [5.41, 5.74) is 1.22. The molecule has 2 heterocycles. The van der Waals surface area contributed by atoms with Crippen molar-refractivity contribution in [3.8, 4) is 11.5 Å². The Bertz CT molecular complexity index is 1520. The summed E-state index contributed by atoms with van der Waals surface area (Å²) in [7, 11) is 1.53. The SMILES string of the molecule is CCOC(=O)C1=C(C)N=c2s/c(=C\c3ccccc3F)c(=O)n2[C@H]1c1ccc(OC(C)C)c(OC)c1. The first-order valence-electron chi connectivity index (χ1n) is 11.5. The maximum atomic E-state index is 14.3. The largest absolute Gasteiger partial charge is 0.493 e. The summed E-state index contributed by atoms with van der Waals surface area (Å²) >= 11 is 1.14. The lowest BCUT2D eigenvalue weighted by atomic mass is 9.95. The molecule has 0 spiro atoms. The molecule has 0 radical (unpaired) electrons. The highest BCUT2D eigenvalue weighted by molar-refractivity contribution is 7.07. The minimum Gasteiger partial charge on any atom is -0.493 e. The van der Waals surface area contributed by atoms with Gasteiger partial charge in [0, 0.05) is 5.56 Å². The van der Waals surface area contributed by atoms with E-state index in [-0.39, 0.29) is 29.4 Å². The summed E-state index contributed by atoms with van der Waals surface area (Å²) in [4.78, 5) is 31.6. The highest BCUT2D eigenvalue weighted by Gasteiger charge is 2.34. The lowest BCUT2D eigenvalue weighted by Crippen LogP contribution is -2.40. The van der Waals surface area contributed by atoms with Gasteiger partial charge in [-0.1, -0.05) is 35.6 Å². The number of rotatable bonds is 7. The van der Waals surface area contributed by atoms with Gasteiger partial charge >= 0.3 is 5.97 Å². The molecule has 9 heteroatoms. The van der Waals surface area contributed by atoms with Gasteiger partial charge in [-0.05, 0) is 57.5 Å². The molecule has 0 fully saturated rings. The Balaban J connectivity index is 1.96. The molecule has 1 aliphatic rings. The first-order chi connectivity index (χ1) is 17.2. The Morgan fingerprint density at radius 3 is 2.64 bits per heavy atom. The predicted octanol–water partition coefficient (Wildman–Crippen LogP) is 3.73. The molecular weight excluding hydrogens is 483 g/mol. The first-order valence-corrected chi connectivity index (χ1v) is 12.4. The van der Waals surface area contributed by atoms with E-state index in [2.05, 4.69) is 4.99 Å². The van der Waals surface area contributed by atoms with E-state index in [4.69, 9.17) is 14.2 Å². The summed E-state index contributed by atoms with van der Waals surface area (Å²) in [6.45, 7) is 7.41. The third-order valence-electron chi connectivity index (χ3n) is 5.57. The van der Waals surface area contributed by atoms with Crippen molar-refractivity contribution in [3.63, 3.8) is 0 Å². The molecular formula is C27H27FN2O5S. The summed E-state index contributed by atoms with van der Waals surface area (Å²) in [5.74, 6) is 0.0107. The Morgan fingerprint density at radius 1 is 1.22 bits per heavy atom. The van der Waals surface area contributed by atoms with E-state index in [0.717, 1.165) is 11.3 Å². The van der Waals surface area contributed by atoms with Crippen LogP contribution in [0.1, 0.15) is 44.9 Å². The van der Waals surface area contributed by atoms with Gasteiger partial charge in [0.1, 0.15) is 5.82 Å². The van der Waals surface area contributed by atoms with Crippen molar-refractivity contribution < 1.29 is 23.4 Å². The fourth-order valence-corrected chi connectivity index (χ4v) is 5.08. The second-order valence-corrected chi connectivity index (χ2v) is 9.41. The number of fused-ring (bicyclic) bond motifs is 1. The van der Waals surface area contributed by atoms with Crippen molar-refractivity contribution >= 4 is 23.4 Å². The second kappa shape index (κ2) is 10.5. The number of hydrogen-bond acceptors (Lipinski definition) is 7. The molecule has 0 N–H and O–H groups in total. The summed E-state index contributed by atoms with van der Waals surface area (Å²) in [5, 5.41) is 0. The van der Waals surface area contributed by atoms with Gasteiger partial charge in [0.15, 0.2) is 16.3 Å². The molecule has 0 amide bonds. The molecule has 1 aliphatic heterocycles. The maximum Gasteiger partial charge on any atom is 0.338 e. The molecule has 0 unspecified atom stereocenters. The Morgan fingerprint density at radius 2 is 1.97 bits per heavy atom. The molecule has 1 atom stereocenters. The molecule has 0 saturated carbocycles. The number of carbonyl (C=O) groups excluding carboxylic acids is 1. The van der Waals surface area contributed by atoms with Crippen LogP contribution in [-0.2, 0) is 9.53 Å². The van der Waals surface area contributed by atoms with Gasteiger partial charge in [0.2, 0.25) is 0 Å². The van der Waals surface area contributed by atoms with Gasteiger partial charge in [-0.3, -0.25) is 9.36 Å². The number of ether oxygens (including phenoxy) is 3. The van der Waals surface area contributed by atoms with Crippen LogP contribution in [0.25, 0.3) is 6.08 Å². The van der Waals surface area contributed by atoms with Crippen LogP contribution in [0.4, 0.5) is 4.39 Å². The standard InChI is InChI=1S/C27H27FN2O5S/c1-6-34-26(32)23-16(4)29-27-30(25(31)22(36-27)14-17-9-7-8-10-19(17)28)24(23)18-11-12-20(35-15(2)3)21(13-18)33-5/h7-15,24H,6H2,1-5H3/b22-14-/t24-/m0/s1. The Labute approximate surface area is 211 Å². The summed E-state index contributed by atoms with van der Waals surface area (Å²) in [6.07, 6.45) is 1.43. The number of hydrogen-bond donors (Lipinski definition) is 0. The average molecular weight is 511 g/mol. The lowest BCUT2D eigenvalue weighted by Gasteiger charge is -2.25. The van der Waals surface area contributed by atoms with Gasteiger partial charge in [-0.15, -0.1) is 0 Å². The molecule has 0 saturated heterocycles. The van der Waals surface area contributed by atoms with Gasteiger partial charge in [0.25, 0.3) is 5.56 Å². The monoisotopic (exact) mass is 510 g/mol. The smallest absolute Gasteiger partial charge is 0.338 e. The quantitative estimate of drug-likeness (QED) is 0.453. The number of benzene rings is 2. The number of methoxy groups -OCH3 is 1. The molecule has 2 aromatic carbocycles. The van der Waals surface area contributed by atoms with E-state index in [1.807, 2.05) is 13.8 Å². The lowest BCUT2D eigenvalue weighted by molar-refractivity contribution is -0.139. The fourth-order valence-electron chi connectivity index (χ4n) is 4.05. The fraction of sp³-hybridized carbons (Fsp3) is 0.296. The van der Waals surface area contributed by atoms with Crippen molar-refractivity contribution in [2.45, 2.75) is 39.8 Å². The third-order valence-corrected chi connectivity index (χ3v) is 6.56. The molecule has 7 nitrogen and oxygen atoms in total. The number of carbonyl (C=O) groups is 1. The minimum atomic E-state index is -0.815. The molecule has 4 rings (SSSR count). The van der Waals surface area contributed by atoms with Crippen molar-refractivity contribution in [2.24, 2.45) is 4.99 Å². The molecule has 1 aromatic heterocycles. The highest BCUT2D eigenvalue weighted by atomic mass is 32.1. The number of aromatic nitrogens is 1. The van der Waals surface area contributed by atoms with Crippen molar-refractivity contribution in [3.05, 3.63) is 90.4 Å². The van der Waals surface area contributed by atoms with E-state index >= 15 is 0 Å². The number of nitrogens with zero attached hydrogens (tertiary/aromatic N) is 2.